The number of ether oxygens (including phenoxy) is 1. The maximum Gasteiger partial charge on any atom is 0.302 e. The Labute approximate surface area is 154 Å². The van der Waals surface area contributed by atoms with Crippen LogP contribution in [0.15, 0.2) is 11.6 Å². The SMILES string of the molecule is CC(=O)OCC[C@@H](C)CC[C@@]1(C)[C@H](C)CC[C@@]2(C)C(CO)=CCC[C@H]12. The number of fused-ring (bicyclic) bond motifs is 1. The molecular weight excluding hydrogens is 312 g/mol. The van der Waals surface area contributed by atoms with Crippen molar-refractivity contribution in [2.45, 2.75) is 79.6 Å². The van der Waals surface area contributed by atoms with E-state index in [0.717, 1.165) is 18.8 Å². The first-order chi connectivity index (χ1) is 11.7. The molecule has 2 aliphatic carbocycles. The van der Waals surface area contributed by atoms with Crippen LogP contribution in [0.2, 0.25) is 0 Å². The van der Waals surface area contributed by atoms with Gasteiger partial charge >= 0.3 is 5.97 Å². The van der Waals surface area contributed by atoms with Crippen LogP contribution in [0.25, 0.3) is 0 Å². The van der Waals surface area contributed by atoms with Crippen LogP contribution >= 0.6 is 0 Å². The third-order valence-corrected chi connectivity index (χ3v) is 7.63. The average Bonchev–Trinajstić information content (AvgIpc) is 2.56. The van der Waals surface area contributed by atoms with Gasteiger partial charge in [-0.05, 0) is 72.7 Å². The van der Waals surface area contributed by atoms with E-state index in [1.54, 1.807) is 0 Å². The molecule has 0 bridgehead atoms. The van der Waals surface area contributed by atoms with Gasteiger partial charge in [0.05, 0.1) is 13.2 Å². The second-order valence-electron chi connectivity index (χ2n) is 9.15. The van der Waals surface area contributed by atoms with Crippen molar-refractivity contribution in [1.82, 2.24) is 0 Å². The molecule has 0 spiro atoms. The summed E-state index contributed by atoms with van der Waals surface area (Å²) >= 11 is 0. The van der Waals surface area contributed by atoms with Gasteiger partial charge in [0.25, 0.3) is 0 Å². The second-order valence-corrected chi connectivity index (χ2v) is 9.15. The minimum Gasteiger partial charge on any atom is -0.466 e. The van der Waals surface area contributed by atoms with E-state index in [2.05, 4.69) is 33.8 Å². The quantitative estimate of drug-likeness (QED) is 0.511. The number of aliphatic hydroxyl groups excluding tert-OH is 1. The van der Waals surface area contributed by atoms with Gasteiger partial charge in [0.2, 0.25) is 0 Å². The Morgan fingerprint density at radius 2 is 2.08 bits per heavy atom. The molecule has 0 amide bonds. The lowest BCUT2D eigenvalue weighted by Gasteiger charge is -2.58. The number of hydrogen-bond acceptors (Lipinski definition) is 3. The highest BCUT2D eigenvalue weighted by Crippen LogP contribution is 2.61. The van der Waals surface area contributed by atoms with Gasteiger partial charge in [-0.2, -0.15) is 0 Å². The van der Waals surface area contributed by atoms with Gasteiger partial charge in [-0.15, -0.1) is 0 Å². The molecule has 0 radical (unpaired) electrons. The molecule has 144 valence electrons. The molecule has 5 atom stereocenters. The summed E-state index contributed by atoms with van der Waals surface area (Å²) in [6.45, 7) is 11.8. The van der Waals surface area contributed by atoms with Crippen LogP contribution in [0.5, 0.6) is 0 Å². The minimum atomic E-state index is -0.179. The van der Waals surface area contributed by atoms with E-state index < -0.39 is 0 Å². The minimum absolute atomic E-state index is 0.176. The number of aliphatic hydroxyl groups is 1. The molecule has 3 nitrogen and oxygen atoms in total. The van der Waals surface area contributed by atoms with E-state index in [9.17, 15) is 9.90 Å². The predicted molar refractivity (Wildman–Crippen MR) is 102 cm³/mol. The van der Waals surface area contributed by atoms with Gasteiger partial charge in [-0.1, -0.05) is 40.2 Å². The standard InChI is InChI=1S/C22H38O3/c1-16(11-14-25-18(3)24)9-12-21(4)17(2)10-13-22(5)19(15-23)7-6-8-20(21)22/h7,16-17,20,23H,6,8-15H2,1-5H3/t16-,17+,20+,21-,22-/m0/s1. The van der Waals surface area contributed by atoms with Crippen LogP contribution in [-0.4, -0.2) is 24.3 Å². The highest BCUT2D eigenvalue weighted by atomic mass is 16.5. The Morgan fingerprint density at radius 3 is 2.72 bits per heavy atom. The fraction of sp³-hybridized carbons (Fsp3) is 0.864. The van der Waals surface area contributed by atoms with Crippen LogP contribution < -0.4 is 0 Å². The number of rotatable bonds is 7. The monoisotopic (exact) mass is 350 g/mol. The lowest BCUT2D eigenvalue weighted by atomic mass is 9.46. The van der Waals surface area contributed by atoms with E-state index in [1.165, 1.54) is 44.6 Å². The second kappa shape index (κ2) is 8.24. The Kier molecular flexibility index (Phi) is 6.75. The molecule has 1 fully saturated rings. The van der Waals surface area contributed by atoms with E-state index in [-0.39, 0.29) is 18.0 Å². The number of hydrogen-bond donors (Lipinski definition) is 1. The summed E-state index contributed by atoms with van der Waals surface area (Å²) in [7, 11) is 0. The van der Waals surface area contributed by atoms with Crippen molar-refractivity contribution in [3.8, 4) is 0 Å². The van der Waals surface area contributed by atoms with E-state index >= 15 is 0 Å². The smallest absolute Gasteiger partial charge is 0.302 e. The van der Waals surface area contributed by atoms with Gasteiger partial charge in [0.1, 0.15) is 0 Å². The van der Waals surface area contributed by atoms with Gasteiger partial charge in [0, 0.05) is 6.92 Å². The molecule has 0 aliphatic heterocycles. The fourth-order valence-corrected chi connectivity index (χ4v) is 5.55. The van der Waals surface area contributed by atoms with Crippen molar-refractivity contribution in [3.63, 3.8) is 0 Å². The van der Waals surface area contributed by atoms with E-state index in [1.807, 2.05) is 0 Å². The van der Waals surface area contributed by atoms with Gasteiger partial charge < -0.3 is 9.84 Å². The van der Waals surface area contributed by atoms with E-state index in [4.69, 9.17) is 4.74 Å². The zero-order chi connectivity index (χ0) is 18.7. The van der Waals surface area contributed by atoms with E-state index in [0.29, 0.717) is 23.9 Å². The summed E-state index contributed by atoms with van der Waals surface area (Å²) in [6, 6.07) is 0. The van der Waals surface area contributed by atoms with Crippen molar-refractivity contribution in [3.05, 3.63) is 11.6 Å². The molecule has 25 heavy (non-hydrogen) atoms. The summed E-state index contributed by atoms with van der Waals surface area (Å²) in [5, 5.41) is 9.88. The lowest BCUT2D eigenvalue weighted by molar-refractivity contribution is -0.141. The Morgan fingerprint density at radius 1 is 1.36 bits per heavy atom. The maximum absolute atomic E-state index is 10.9. The number of carbonyl (C=O) groups is 1. The highest BCUT2D eigenvalue weighted by molar-refractivity contribution is 5.65. The molecule has 0 saturated heterocycles. The highest BCUT2D eigenvalue weighted by Gasteiger charge is 2.53. The van der Waals surface area contributed by atoms with Crippen LogP contribution in [0.3, 0.4) is 0 Å². The first kappa shape index (κ1) is 20.5. The van der Waals surface area contributed by atoms with Gasteiger partial charge in [0.15, 0.2) is 0 Å². The van der Waals surface area contributed by atoms with Crippen LogP contribution in [0.1, 0.15) is 79.6 Å². The third kappa shape index (κ3) is 4.30. The molecule has 0 heterocycles. The summed E-state index contributed by atoms with van der Waals surface area (Å²) in [6.07, 6.45) is 10.5. The molecule has 1 N–H and O–H groups in total. The first-order valence-electron chi connectivity index (χ1n) is 10.2. The number of carbonyl (C=O) groups excluding carboxylic acids is 1. The molecule has 3 heteroatoms. The Hall–Kier alpha value is -0.830. The van der Waals surface area contributed by atoms with Crippen molar-refractivity contribution in [1.29, 1.82) is 0 Å². The molecular formula is C22H38O3. The summed E-state index contributed by atoms with van der Waals surface area (Å²) < 4.78 is 5.11. The molecule has 0 unspecified atom stereocenters. The van der Waals surface area contributed by atoms with Crippen LogP contribution in [0.4, 0.5) is 0 Å². The summed E-state index contributed by atoms with van der Waals surface area (Å²) in [4.78, 5) is 10.9. The van der Waals surface area contributed by atoms with Crippen molar-refractivity contribution < 1.29 is 14.6 Å². The number of allylic oxidation sites excluding steroid dienone is 1. The molecule has 0 aromatic carbocycles. The Balaban J connectivity index is 2.04. The van der Waals surface area contributed by atoms with Crippen LogP contribution in [-0.2, 0) is 9.53 Å². The van der Waals surface area contributed by atoms with Crippen molar-refractivity contribution in [2.75, 3.05) is 13.2 Å². The van der Waals surface area contributed by atoms with Crippen LogP contribution in [0, 0.1) is 28.6 Å². The van der Waals surface area contributed by atoms with Crippen molar-refractivity contribution in [2.24, 2.45) is 28.6 Å². The average molecular weight is 351 g/mol. The molecule has 1 saturated carbocycles. The van der Waals surface area contributed by atoms with Crippen molar-refractivity contribution >= 4 is 5.97 Å². The molecule has 0 aromatic heterocycles. The lowest BCUT2D eigenvalue weighted by Crippen LogP contribution is -2.50. The summed E-state index contributed by atoms with van der Waals surface area (Å²) in [5.74, 6) is 1.79. The molecule has 0 aromatic rings. The third-order valence-electron chi connectivity index (χ3n) is 7.63. The number of esters is 1. The zero-order valence-corrected chi connectivity index (χ0v) is 16.9. The first-order valence-corrected chi connectivity index (χ1v) is 10.2. The zero-order valence-electron chi connectivity index (χ0n) is 16.9. The van der Waals surface area contributed by atoms with Gasteiger partial charge in [-0.25, -0.2) is 0 Å². The largest absolute Gasteiger partial charge is 0.466 e. The fourth-order valence-electron chi connectivity index (χ4n) is 5.55. The molecule has 2 aliphatic rings. The normalized spacial score (nSPS) is 36.3. The topological polar surface area (TPSA) is 46.5 Å². The molecule has 2 rings (SSSR count). The Bertz CT molecular complexity index is 498. The summed E-state index contributed by atoms with van der Waals surface area (Å²) in [5.41, 5.74) is 1.79. The predicted octanol–water partition coefficient (Wildman–Crippen LogP) is 5.13. The maximum atomic E-state index is 10.9. The van der Waals surface area contributed by atoms with Gasteiger partial charge in [-0.3, -0.25) is 4.79 Å².